The van der Waals surface area contributed by atoms with Crippen LogP contribution in [0.2, 0.25) is 0 Å². The minimum atomic E-state index is 0.248. The zero-order valence-corrected chi connectivity index (χ0v) is 11.6. The molecular weight excluding hydrogens is 224 g/mol. The first-order valence-corrected chi connectivity index (χ1v) is 6.69. The number of nitrogens with zero attached hydrogens (tertiary/aromatic N) is 1. The van der Waals surface area contributed by atoms with Crippen molar-refractivity contribution in [1.29, 1.82) is 0 Å². The lowest BCUT2D eigenvalue weighted by molar-refractivity contribution is 0.177. The van der Waals surface area contributed by atoms with E-state index in [0.29, 0.717) is 0 Å². The molecule has 0 aliphatic heterocycles. The van der Waals surface area contributed by atoms with E-state index < -0.39 is 0 Å². The van der Waals surface area contributed by atoms with Gasteiger partial charge in [-0.05, 0) is 31.9 Å². The summed E-state index contributed by atoms with van der Waals surface area (Å²) in [5, 5.41) is 0. The molecule has 3 nitrogen and oxygen atoms in total. The van der Waals surface area contributed by atoms with Gasteiger partial charge < -0.3 is 15.4 Å². The third-order valence-electron chi connectivity index (χ3n) is 3.08. The smallest absolute Gasteiger partial charge is 0.0474 e. The summed E-state index contributed by atoms with van der Waals surface area (Å²) < 4.78 is 5.04. The van der Waals surface area contributed by atoms with Gasteiger partial charge in [-0.2, -0.15) is 0 Å². The Morgan fingerprint density at radius 2 is 2.00 bits per heavy atom. The van der Waals surface area contributed by atoms with Crippen molar-refractivity contribution < 1.29 is 4.74 Å². The topological polar surface area (TPSA) is 38.5 Å². The number of rotatable bonds is 9. The molecule has 1 aromatic rings. The molecule has 18 heavy (non-hydrogen) atoms. The highest BCUT2D eigenvalue weighted by Crippen LogP contribution is 2.04. The summed E-state index contributed by atoms with van der Waals surface area (Å²) >= 11 is 0. The van der Waals surface area contributed by atoms with Gasteiger partial charge >= 0.3 is 0 Å². The van der Waals surface area contributed by atoms with Gasteiger partial charge in [-0.1, -0.05) is 30.3 Å². The van der Waals surface area contributed by atoms with Crippen molar-refractivity contribution in [2.75, 3.05) is 33.9 Å². The lowest BCUT2D eigenvalue weighted by Gasteiger charge is -2.21. The molecule has 0 aromatic heterocycles. The van der Waals surface area contributed by atoms with Gasteiger partial charge in [-0.15, -0.1) is 0 Å². The SMILES string of the molecule is COCCCN(C)CC(N)CCc1ccccc1. The van der Waals surface area contributed by atoms with Crippen LogP contribution in [0.4, 0.5) is 0 Å². The summed E-state index contributed by atoms with van der Waals surface area (Å²) in [5.41, 5.74) is 7.52. The Kier molecular flexibility index (Phi) is 7.65. The van der Waals surface area contributed by atoms with Crippen LogP contribution in [-0.4, -0.2) is 44.8 Å². The second kappa shape index (κ2) is 9.09. The minimum absolute atomic E-state index is 0.248. The van der Waals surface area contributed by atoms with Crippen molar-refractivity contribution in [2.24, 2.45) is 5.73 Å². The average molecular weight is 250 g/mol. The molecular formula is C15H26N2O. The van der Waals surface area contributed by atoms with E-state index in [2.05, 4.69) is 36.2 Å². The number of hydrogen-bond acceptors (Lipinski definition) is 3. The number of hydrogen-bond donors (Lipinski definition) is 1. The van der Waals surface area contributed by atoms with Crippen molar-refractivity contribution in [1.82, 2.24) is 4.90 Å². The predicted molar refractivity (Wildman–Crippen MR) is 76.7 cm³/mol. The van der Waals surface area contributed by atoms with Crippen LogP contribution in [0.3, 0.4) is 0 Å². The monoisotopic (exact) mass is 250 g/mol. The van der Waals surface area contributed by atoms with Gasteiger partial charge in [0.15, 0.2) is 0 Å². The Bertz CT molecular complexity index is 303. The molecule has 0 fully saturated rings. The molecule has 0 aliphatic carbocycles. The van der Waals surface area contributed by atoms with Crippen LogP contribution in [-0.2, 0) is 11.2 Å². The van der Waals surface area contributed by atoms with Crippen molar-refractivity contribution in [2.45, 2.75) is 25.3 Å². The average Bonchev–Trinajstić information content (AvgIpc) is 2.38. The zero-order chi connectivity index (χ0) is 13.2. The van der Waals surface area contributed by atoms with Crippen LogP contribution in [0, 0.1) is 0 Å². The molecule has 102 valence electrons. The van der Waals surface area contributed by atoms with Crippen molar-refractivity contribution >= 4 is 0 Å². The van der Waals surface area contributed by atoms with E-state index in [-0.39, 0.29) is 6.04 Å². The molecule has 0 amide bonds. The van der Waals surface area contributed by atoms with Crippen molar-refractivity contribution in [3.63, 3.8) is 0 Å². The molecule has 1 unspecified atom stereocenters. The Balaban J connectivity index is 2.15. The number of benzene rings is 1. The third kappa shape index (κ3) is 6.74. The summed E-state index contributed by atoms with van der Waals surface area (Å²) in [4.78, 5) is 2.29. The number of aryl methyl sites for hydroxylation is 1. The fraction of sp³-hybridized carbons (Fsp3) is 0.600. The van der Waals surface area contributed by atoms with Crippen molar-refractivity contribution in [3.05, 3.63) is 35.9 Å². The molecule has 0 saturated carbocycles. The first-order valence-electron chi connectivity index (χ1n) is 6.69. The van der Waals surface area contributed by atoms with Crippen LogP contribution in [0.15, 0.2) is 30.3 Å². The van der Waals surface area contributed by atoms with E-state index in [9.17, 15) is 0 Å². The maximum absolute atomic E-state index is 6.15. The number of ether oxygens (including phenoxy) is 1. The van der Waals surface area contributed by atoms with Gasteiger partial charge in [0.05, 0.1) is 0 Å². The molecule has 1 aromatic carbocycles. The predicted octanol–water partition coefficient (Wildman–Crippen LogP) is 1.91. The zero-order valence-electron chi connectivity index (χ0n) is 11.6. The molecule has 0 radical (unpaired) electrons. The maximum Gasteiger partial charge on any atom is 0.0474 e. The number of likely N-dealkylation sites (N-methyl/N-ethyl adjacent to an activating group) is 1. The summed E-state index contributed by atoms with van der Waals surface area (Å²) in [6.45, 7) is 2.83. The molecule has 0 bridgehead atoms. The Hall–Kier alpha value is -0.900. The normalized spacial score (nSPS) is 12.9. The second-order valence-corrected chi connectivity index (χ2v) is 4.89. The molecule has 0 aliphatic rings. The fourth-order valence-electron chi connectivity index (χ4n) is 2.06. The summed E-state index contributed by atoms with van der Waals surface area (Å²) in [6.07, 6.45) is 3.17. The minimum Gasteiger partial charge on any atom is -0.385 e. The summed E-state index contributed by atoms with van der Waals surface area (Å²) in [7, 11) is 3.86. The van der Waals surface area contributed by atoms with E-state index in [4.69, 9.17) is 10.5 Å². The maximum atomic E-state index is 6.15. The van der Waals surface area contributed by atoms with Gasteiger partial charge in [0.1, 0.15) is 0 Å². The van der Waals surface area contributed by atoms with Gasteiger partial charge in [-0.25, -0.2) is 0 Å². The van der Waals surface area contributed by atoms with E-state index in [1.54, 1.807) is 7.11 Å². The van der Waals surface area contributed by atoms with E-state index in [1.165, 1.54) is 5.56 Å². The molecule has 1 atom stereocenters. The van der Waals surface area contributed by atoms with Gasteiger partial charge in [0.2, 0.25) is 0 Å². The Labute approximate surface area is 111 Å². The van der Waals surface area contributed by atoms with E-state index in [0.717, 1.165) is 39.0 Å². The first kappa shape index (κ1) is 15.2. The van der Waals surface area contributed by atoms with E-state index >= 15 is 0 Å². The molecule has 0 saturated heterocycles. The van der Waals surface area contributed by atoms with Crippen LogP contribution in [0.1, 0.15) is 18.4 Å². The number of nitrogens with two attached hydrogens (primary N) is 1. The van der Waals surface area contributed by atoms with E-state index in [1.807, 2.05) is 6.07 Å². The van der Waals surface area contributed by atoms with Crippen LogP contribution in [0.25, 0.3) is 0 Å². The van der Waals surface area contributed by atoms with Gasteiger partial charge in [0.25, 0.3) is 0 Å². The van der Waals surface area contributed by atoms with Gasteiger partial charge in [-0.3, -0.25) is 0 Å². The standard InChI is InChI=1S/C15H26N2O/c1-17(11-6-12-18-2)13-15(16)10-9-14-7-4-3-5-8-14/h3-5,7-8,15H,6,9-13,16H2,1-2H3. The van der Waals surface area contributed by atoms with Gasteiger partial charge in [0, 0.05) is 32.8 Å². The quantitative estimate of drug-likeness (QED) is 0.680. The third-order valence-corrected chi connectivity index (χ3v) is 3.08. The molecule has 0 heterocycles. The number of methoxy groups -OCH3 is 1. The fourth-order valence-corrected chi connectivity index (χ4v) is 2.06. The Morgan fingerprint density at radius 1 is 1.28 bits per heavy atom. The summed E-state index contributed by atoms with van der Waals surface area (Å²) in [6, 6.07) is 10.8. The highest BCUT2D eigenvalue weighted by Gasteiger charge is 2.06. The second-order valence-electron chi connectivity index (χ2n) is 4.89. The highest BCUT2D eigenvalue weighted by molar-refractivity contribution is 5.14. The summed E-state index contributed by atoms with van der Waals surface area (Å²) in [5.74, 6) is 0. The first-order chi connectivity index (χ1) is 8.72. The van der Waals surface area contributed by atoms with Crippen LogP contribution in [0.5, 0.6) is 0 Å². The van der Waals surface area contributed by atoms with Crippen LogP contribution < -0.4 is 5.73 Å². The largest absolute Gasteiger partial charge is 0.385 e. The molecule has 1 rings (SSSR count). The highest BCUT2D eigenvalue weighted by atomic mass is 16.5. The molecule has 2 N–H and O–H groups in total. The molecule has 0 spiro atoms. The molecule has 3 heteroatoms. The lowest BCUT2D eigenvalue weighted by atomic mass is 10.1. The Morgan fingerprint density at radius 3 is 2.67 bits per heavy atom. The van der Waals surface area contributed by atoms with Crippen LogP contribution >= 0.6 is 0 Å². The lowest BCUT2D eigenvalue weighted by Crippen LogP contribution is -2.36. The van der Waals surface area contributed by atoms with Crippen molar-refractivity contribution in [3.8, 4) is 0 Å².